The third-order valence-corrected chi connectivity index (χ3v) is 2.50. The minimum Gasteiger partial charge on any atom is -0.481 e. The number of hydrogen-bond acceptors (Lipinski definition) is 3. The van der Waals surface area contributed by atoms with Crippen LogP contribution in [0.3, 0.4) is 0 Å². The van der Waals surface area contributed by atoms with Gasteiger partial charge in [-0.1, -0.05) is 6.07 Å². The lowest BCUT2D eigenvalue weighted by molar-refractivity contribution is -0.127. The van der Waals surface area contributed by atoms with Crippen LogP contribution in [0.5, 0.6) is 5.75 Å². The minimum absolute atomic E-state index is 0.228. The zero-order valence-electron chi connectivity index (χ0n) is 10.9. The van der Waals surface area contributed by atoms with Crippen LogP contribution in [0.2, 0.25) is 0 Å². The number of carbonyl (C=O) groups excluding carboxylic acids is 1. The molecule has 0 fully saturated rings. The third-order valence-electron chi connectivity index (χ3n) is 2.50. The fourth-order valence-corrected chi connectivity index (χ4v) is 1.53. The van der Waals surface area contributed by atoms with Crippen LogP contribution < -0.4 is 15.8 Å². The van der Waals surface area contributed by atoms with Crippen molar-refractivity contribution < 1.29 is 13.9 Å². The Morgan fingerprint density at radius 3 is 2.67 bits per heavy atom. The van der Waals surface area contributed by atoms with E-state index in [1.807, 2.05) is 6.92 Å². The quantitative estimate of drug-likeness (QED) is 0.841. The summed E-state index contributed by atoms with van der Waals surface area (Å²) < 4.78 is 19.0. The Morgan fingerprint density at radius 2 is 2.17 bits per heavy atom. The summed E-state index contributed by atoms with van der Waals surface area (Å²) in [6, 6.07) is 4.05. The van der Waals surface area contributed by atoms with E-state index in [1.54, 1.807) is 26.0 Å². The van der Waals surface area contributed by atoms with Gasteiger partial charge in [0.1, 0.15) is 11.6 Å². The molecule has 5 heteroatoms. The standard InChI is InChI=1S/C13H19FN2O2/c1-4-16-13(17)9(3)18-10-5-6-11(8(2)15)12(14)7-10/h5-9H,4,15H2,1-3H3,(H,16,17)/t8-,9?/m1/s1. The molecule has 0 heterocycles. The van der Waals surface area contributed by atoms with E-state index >= 15 is 0 Å². The van der Waals surface area contributed by atoms with Crippen molar-refractivity contribution in [1.82, 2.24) is 5.32 Å². The molecule has 0 bridgehead atoms. The molecule has 0 aromatic heterocycles. The number of benzene rings is 1. The first kappa shape index (κ1) is 14.4. The molecule has 0 saturated carbocycles. The summed E-state index contributed by atoms with van der Waals surface area (Å²) in [5, 5.41) is 2.63. The number of nitrogens with one attached hydrogen (secondary N) is 1. The van der Waals surface area contributed by atoms with Crippen LogP contribution in [0, 0.1) is 5.82 Å². The molecule has 0 aliphatic rings. The molecule has 0 aliphatic carbocycles. The Balaban J connectivity index is 2.74. The molecule has 1 aromatic rings. The van der Waals surface area contributed by atoms with Crippen molar-refractivity contribution in [1.29, 1.82) is 0 Å². The molecule has 100 valence electrons. The van der Waals surface area contributed by atoms with Crippen LogP contribution in [0.1, 0.15) is 32.4 Å². The molecule has 3 N–H and O–H groups in total. The second-order valence-electron chi connectivity index (χ2n) is 4.13. The molecule has 18 heavy (non-hydrogen) atoms. The monoisotopic (exact) mass is 254 g/mol. The van der Waals surface area contributed by atoms with Gasteiger partial charge < -0.3 is 15.8 Å². The predicted molar refractivity (Wildman–Crippen MR) is 67.8 cm³/mol. The van der Waals surface area contributed by atoms with Gasteiger partial charge in [0.2, 0.25) is 0 Å². The van der Waals surface area contributed by atoms with Crippen molar-refractivity contribution in [3.05, 3.63) is 29.6 Å². The van der Waals surface area contributed by atoms with Gasteiger partial charge >= 0.3 is 0 Å². The Hall–Kier alpha value is -1.62. The summed E-state index contributed by atoms with van der Waals surface area (Å²) in [4.78, 5) is 11.5. The lowest BCUT2D eigenvalue weighted by Crippen LogP contribution is -2.36. The zero-order chi connectivity index (χ0) is 13.7. The van der Waals surface area contributed by atoms with Gasteiger partial charge in [-0.25, -0.2) is 4.39 Å². The SMILES string of the molecule is CCNC(=O)C(C)Oc1ccc([C@@H](C)N)c(F)c1. The Kier molecular flexibility index (Phi) is 5.09. The number of rotatable bonds is 5. The van der Waals surface area contributed by atoms with Crippen molar-refractivity contribution in [3.8, 4) is 5.75 Å². The van der Waals surface area contributed by atoms with E-state index in [9.17, 15) is 9.18 Å². The fourth-order valence-electron chi connectivity index (χ4n) is 1.53. The first-order valence-corrected chi connectivity index (χ1v) is 5.95. The molecule has 0 aliphatic heterocycles. The van der Waals surface area contributed by atoms with Crippen LogP contribution in [0.15, 0.2) is 18.2 Å². The highest BCUT2D eigenvalue weighted by molar-refractivity contribution is 5.80. The summed E-state index contributed by atoms with van der Waals surface area (Å²) >= 11 is 0. The molecular formula is C13H19FN2O2. The second kappa shape index (κ2) is 6.35. The topological polar surface area (TPSA) is 64.3 Å². The zero-order valence-corrected chi connectivity index (χ0v) is 10.9. The van der Waals surface area contributed by atoms with Crippen molar-refractivity contribution in [2.45, 2.75) is 32.9 Å². The molecule has 4 nitrogen and oxygen atoms in total. The second-order valence-corrected chi connectivity index (χ2v) is 4.13. The minimum atomic E-state index is -0.662. The molecule has 1 aromatic carbocycles. The van der Waals surface area contributed by atoms with Gasteiger partial charge in [0.25, 0.3) is 5.91 Å². The van der Waals surface area contributed by atoms with E-state index in [1.165, 1.54) is 6.07 Å². The molecule has 1 amide bonds. The van der Waals surface area contributed by atoms with Crippen molar-refractivity contribution >= 4 is 5.91 Å². The van der Waals surface area contributed by atoms with Crippen molar-refractivity contribution in [2.75, 3.05) is 6.54 Å². The summed E-state index contributed by atoms with van der Waals surface area (Å²) in [6.45, 7) is 5.67. The summed E-state index contributed by atoms with van der Waals surface area (Å²) in [5.74, 6) is -0.338. The largest absolute Gasteiger partial charge is 0.481 e. The van der Waals surface area contributed by atoms with Crippen molar-refractivity contribution in [3.63, 3.8) is 0 Å². The van der Waals surface area contributed by atoms with Gasteiger partial charge in [-0.2, -0.15) is 0 Å². The average molecular weight is 254 g/mol. The third kappa shape index (κ3) is 3.70. The summed E-state index contributed by atoms with van der Waals surface area (Å²) in [5.41, 5.74) is 6.03. The first-order valence-electron chi connectivity index (χ1n) is 5.95. The Morgan fingerprint density at radius 1 is 1.50 bits per heavy atom. The summed E-state index contributed by atoms with van der Waals surface area (Å²) in [6.07, 6.45) is -0.662. The molecule has 1 unspecified atom stereocenters. The first-order chi connectivity index (χ1) is 8.45. The van der Waals surface area contributed by atoms with Crippen LogP contribution >= 0.6 is 0 Å². The number of carbonyl (C=O) groups is 1. The van der Waals surface area contributed by atoms with Gasteiger partial charge in [-0.3, -0.25) is 4.79 Å². The maximum Gasteiger partial charge on any atom is 0.260 e. The highest BCUT2D eigenvalue weighted by Gasteiger charge is 2.15. The number of halogens is 1. The molecule has 0 spiro atoms. The van der Waals surface area contributed by atoms with E-state index in [0.717, 1.165) is 0 Å². The Bertz CT molecular complexity index is 421. The van der Waals surface area contributed by atoms with E-state index in [2.05, 4.69) is 5.32 Å². The molecule has 0 radical (unpaired) electrons. The van der Waals surface area contributed by atoms with Gasteiger partial charge in [0, 0.05) is 24.2 Å². The lowest BCUT2D eigenvalue weighted by Gasteiger charge is -2.15. The van der Waals surface area contributed by atoms with Gasteiger partial charge in [0.05, 0.1) is 0 Å². The number of ether oxygens (including phenoxy) is 1. The van der Waals surface area contributed by atoms with E-state index < -0.39 is 11.9 Å². The molecular weight excluding hydrogens is 235 g/mol. The van der Waals surface area contributed by atoms with E-state index in [0.29, 0.717) is 17.9 Å². The smallest absolute Gasteiger partial charge is 0.260 e. The van der Waals surface area contributed by atoms with Gasteiger partial charge in [0.15, 0.2) is 6.10 Å². The van der Waals surface area contributed by atoms with Crippen LogP contribution in [-0.2, 0) is 4.79 Å². The van der Waals surface area contributed by atoms with Crippen molar-refractivity contribution in [2.24, 2.45) is 5.73 Å². The highest BCUT2D eigenvalue weighted by Crippen LogP contribution is 2.21. The highest BCUT2D eigenvalue weighted by atomic mass is 19.1. The van der Waals surface area contributed by atoms with E-state index in [-0.39, 0.29) is 11.9 Å². The van der Waals surface area contributed by atoms with Gasteiger partial charge in [-0.05, 0) is 26.8 Å². The van der Waals surface area contributed by atoms with Gasteiger partial charge in [-0.15, -0.1) is 0 Å². The lowest BCUT2D eigenvalue weighted by atomic mass is 10.1. The number of nitrogens with two attached hydrogens (primary N) is 1. The number of hydrogen-bond donors (Lipinski definition) is 2. The Labute approximate surface area is 106 Å². The molecule has 1 rings (SSSR count). The van der Waals surface area contributed by atoms with E-state index in [4.69, 9.17) is 10.5 Å². The fraction of sp³-hybridized carbons (Fsp3) is 0.462. The number of amides is 1. The summed E-state index contributed by atoms with van der Waals surface area (Å²) in [7, 11) is 0. The molecule has 0 saturated heterocycles. The van der Waals surface area contributed by atoms with Crippen LogP contribution in [-0.4, -0.2) is 18.6 Å². The predicted octanol–water partition coefficient (Wildman–Crippen LogP) is 1.75. The maximum absolute atomic E-state index is 13.6. The number of likely N-dealkylation sites (N-methyl/N-ethyl adjacent to an activating group) is 1. The maximum atomic E-state index is 13.6. The molecule has 2 atom stereocenters. The normalized spacial score (nSPS) is 13.8. The van der Waals surface area contributed by atoms with Crippen LogP contribution in [0.4, 0.5) is 4.39 Å². The van der Waals surface area contributed by atoms with Crippen LogP contribution in [0.25, 0.3) is 0 Å². The average Bonchev–Trinajstić information content (AvgIpc) is 2.28.